The summed E-state index contributed by atoms with van der Waals surface area (Å²) in [5, 5.41) is 3.05. The molecule has 8 heteroatoms. The Balaban J connectivity index is 2.73. The fourth-order valence-corrected chi connectivity index (χ4v) is 2.59. The molecule has 0 unspecified atom stereocenters. The molecule has 0 saturated carbocycles. The summed E-state index contributed by atoms with van der Waals surface area (Å²) >= 11 is 1.49. The lowest BCUT2D eigenvalue weighted by molar-refractivity contribution is -0.158. The molecule has 0 fully saturated rings. The standard InChI is InChI=1S/C20H30N2O5S/c1-14(18(24)27-20(2,3)4)21-17(23)16(11-12-28-5)22-19(25)26-13-15-9-7-6-8-10-15/h6-10,14,16H,11-13H2,1-5H3,(H,21,23)(H,22,25)/t14-,16-/m0/s1/i/hD. The van der Waals surface area contributed by atoms with Crippen LogP contribution in [-0.2, 0) is 25.7 Å². The lowest BCUT2D eigenvalue weighted by atomic mass is 10.1. The van der Waals surface area contributed by atoms with Crippen LogP contribution in [0, 0.1) is 0 Å². The minimum Gasteiger partial charge on any atom is -0.458 e. The second-order valence-corrected chi connectivity index (χ2v) is 8.22. The summed E-state index contributed by atoms with van der Waals surface area (Å²) < 4.78 is 18.5. The average Bonchev–Trinajstić information content (AvgIpc) is 2.65. The molecule has 1 rings (SSSR count). The predicted octanol–water partition coefficient (Wildman–Crippen LogP) is 2.88. The van der Waals surface area contributed by atoms with Crippen molar-refractivity contribution in [1.29, 1.82) is 0 Å². The van der Waals surface area contributed by atoms with E-state index in [9.17, 15) is 14.4 Å². The molecule has 0 aliphatic carbocycles. The molecular weight excluding hydrogens is 380 g/mol. The Labute approximate surface area is 172 Å². The van der Waals surface area contributed by atoms with Crippen LogP contribution >= 0.6 is 11.8 Å². The van der Waals surface area contributed by atoms with Crippen molar-refractivity contribution in [3.05, 3.63) is 35.9 Å². The SMILES string of the molecule is [2H]N(C(=O)OCc1ccccc1)[C@@H](CCSC)C(=O)N[C@@H](C)C(=O)OC(C)(C)C. The summed E-state index contributed by atoms with van der Waals surface area (Å²) in [5.41, 5.74) is 0.0923. The number of carbonyl (C=O) groups is 3. The number of esters is 1. The van der Waals surface area contributed by atoms with Gasteiger partial charge in [-0.25, -0.2) is 9.59 Å². The van der Waals surface area contributed by atoms with Crippen LogP contribution in [0.4, 0.5) is 4.79 Å². The fraction of sp³-hybridized carbons (Fsp3) is 0.550. The molecular formula is C20H30N2O5S. The highest BCUT2D eigenvalue weighted by atomic mass is 32.2. The van der Waals surface area contributed by atoms with Gasteiger partial charge in [0.2, 0.25) is 5.91 Å². The van der Waals surface area contributed by atoms with Crippen molar-refractivity contribution in [3.63, 3.8) is 0 Å². The third kappa shape index (κ3) is 9.64. The van der Waals surface area contributed by atoms with Crippen LogP contribution in [0.5, 0.6) is 0 Å². The minimum absolute atomic E-state index is 0.000230. The largest absolute Gasteiger partial charge is 0.458 e. The molecule has 2 N–H and O–H groups in total. The summed E-state index contributed by atoms with van der Waals surface area (Å²) in [6, 6.07) is 7.06. The van der Waals surface area contributed by atoms with Crippen molar-refractivity contribution < 1.29 is 25.3 Å². The first-order valence-electron chi connectivity index (χ1n) is 9.51. The topological polar surface area (TPSA) is 93.7 Å². The maximum atomic E-state index is 12.7. The zero-order chi connectivity index (χ0) is 22.0. The van der Waals surface area contributed by atoms with E-state index in [4.69, 9.17) is 10.9 Å². The van der Waals surface area contributed by atoms with Gasteiger partial charge in [-0.2, -0.15) is 11.8 Å². The van der Waals surface area contributed by atoms with E-state index in [1.54, 1.807) is 32.9 Å². The highest BCUT2D eigenvalue weighted by Gasteiger charge is 2.27. The lowest BCUT2D eigenvalue weighted by Crippen LogP contribution is -2.51. The number of thioether (sulfide) groups is 1. The summed E-state index contributed by atoms with van der Waals surface area (Å²) in [4.78, 5) is 37.0. The molecule has 1 aromatic carbocycles. The van der Waals surface area contributed by atoms with E-state index in [1.807, 2.05) is 24.5 Å². The van der Waals surface area contributed by atoms with Gasteiger partial charge >= 0.3 is 12.1 Å². The fourth-order valence-electron chi connectivity index (χ4n) is 2.13. The van der Waals surface area contributed by atoms with Crippen LogP contribution in [0.25, 0.3) is 0 Å². The molecule has 0 spiro atoms. The van der Waals surface area contributed by atoms with Crippen molar-refractivity contribution in [2.24, 2.45) is 0 Å². The van der Waals surface area contributed by atoms with Crippen molar-refractivity contribution in [2.45, 2.75) is 58.4 Å². The number of amides is 2. The van der Waals surface area contributed by atoms with Crippen LogP contribution in [-0.4, -0.2) is 47.7 Å². The normalized spacial score (nSPS) is 13.7. The third-order valence-corrected chi connectivity index (χ3v) is 4.13. The van der Waals surface area contributed by atoms with Crippen LogP contribution in [0.3, 0.4) is 0 Å². The Morgan fingerprint density at radius 2 is 1.86 bits per heavy atom. The van der Waals surface area contributed by atoms with E-state index in [0.717, 1.165) is 5.56 Å². The number of rotatable bonds is 9. The van der Waals surface area contributed by atoms with Crippen molar-refractivity contribution in [1.82, 2.24) is 10.6 Å². The van der Waals surface area contributed by atoms with Crippen LogP contribution < -0.4 is 10.6 Å². The summed E-state index contributed by atoms with van der Waals surface area (Å²) in [6.07, 6.45) is 1.18. The zero-order valence-electron chi connectivity index (χ0n) is 18.1. The van der Waals surface area contributed by atoms with Crippen molar-refractivity contribution in [3.8, 4) is 0 Å². The lowest BCUT2D eigenvalue weighted by Gasteiger charge is -2.24. The van der Waals surface area contributed by atoms with E-state index in [2.05, 4.69) is 5.32 Å². The van der Waals surface area contributed by atoms with E-state index in [-0.39, 0.29) is 13.0 Å². The second kappa shape index (κ2) is 11.6. The Bertz CT molecular complexity index is 681. The molecule has 2 atom stereocenters. The van der Waals surface area contributed by atoms with Crippen LogP contribution in [0.1, 0.15) is 39.7 Å². The Kier molecular flexibility index (Phi) is 9.13. The number of hydrogen-bond donors (Lipinski definition) is 2. The average molecular weight is 412 g/mol. The molecule has 0 aliphatic heterocycles. The highest BCUT2D eigenvalue weighted by Crippen LogP contribution is 2.09. The number of benzene rings is 1. The molecule has 0 saturated heterocycles. The molecule has 0 aliphatic rings. The van der Waals surface area contributed by atoms with E-state index in [0.29, 0.717) is 11.1 Å². The van der Waals surface area contributed by atoms with Gasteiger partial charge in [0.15, 0.2) is 1.41 Å². The summed E-state index contributed by atoms with van der Waals surface area (Å²) in [7, 11) is 0. The molecule has 28 heavy (non-hydrogen) atoms. The third-order valence-electron chi connectivity index (χ3n) is 3.48. The van der Waals surface area contributed by atoms with Gasteiger partial charge in [-0.3, -0.25) is 4.79 Å². The monoisotopic (exact) mass is 411 g/mol. The number of nitrogens with one attached hydrogen (secondary N) is 2. The quantitative estimate of drug-likeness (QED) is 0.607. The number of carbonyl (C=O) groups excluding carboxylic acids is 3. The first-order valence-corrected chi connectivity index (χ1v) is 10.5. The molecule has 0 aromatic heterocycles. The molecule has 0 heterocycles. The first-order chi connectivity index (χ1) is 13.5. The molecule has 1 aromatic rings. The van der Waals surface area contributed by atoms with E-state index in [1.165, 1.54) is 18.7 Å². The van der Waals surface area contributed by atoms with Gasteiger partial charge in [-0.15, -0.1) is 0 Å². The smallest absolute Gasteiger partial charge is 0.408 e. The second-order valence-electron chi connectivity index (χ2n) is 7.23. The summed E-state index contributed by atoms with van der Waals surface area (Å²) in [5.74, 6) is -0.637. The zero-order valence-corrected chi connectivity index (χ0v) is 17.9. The van der Waals surface area contributed by atoms with Gasteiger partial charge in [-0.05, 0) is 51.7 Å². The minimum atomic E-state index is -1.09. The molecule has 0 radical (unpaired) electrons. The Morgan fingerprint density at radius 1 is 1.21 bits per heavy atom. The number of alkyl carbamates (subject to hydrolysis) is 1. The van der Waals surface area contributed by atoms with Gasteiger partial charge in [0.25, 0.3) is 0 Å². The van der Waals surface area contributed by atoms with Crippen molar-refractivity contribution in [2.75, 3.05) is 12.0 Å². The summed E-state index contributed by atoms with van der Waals surface area (Å²) in [6.45, 7) is 6.69. The van der Waals surface area contributed by atoms with Gasteiger partial charge in [0, 0.05) is 0 Å². The van der Waals surface area contributed by atoms with E-state index >= 15 is 0 Å². The van der Waals surface area contributed by atoms with E-state index < -0.39 is 35.7 Å². The molecule has 7 nitrogen and oxygen atoms in total. The maximum absolute atomic E-state index is 12.7. The van der Waals surface area contributed by atoms with Crippen LogP contribution in [0.2, 0.25) is 1.41 Å². The first kappa shape index (κ1) is 22.1. The number of hydrogen-bond acceptors (Lipinski definition) is 6. The Hall–Kier alpha value is -2.22. The van der Waals surface area contributed by atoms with Gasteiger partial charge in [0.1, 0.15) is 24.3 Å². The van der Waals surface area contributed by atoms with Crippen LogP contribution in [0.15, 0.2) is 30.3 Å². The highest BCUT2D eigenvalue weighted by molar-refractivity contribution is 7.98. The van der Waals surface area contributed by atoms with Gasteiger partial charge in [-0.1, -0.05) is 30.3 Å². The molecule has 156 valence electrons. The number of ether oxygens (including phenoxy) is 2. The maximum Gasteiger partial charge on any atom is 0.408 e. The molecule has 2 amide bonds. The van der Waals surface area contributed by atoms with Gasteiger partial charge < -0.3 is 20.1 Å². The molecule has 0 bridgehead atoms. The predicted molar refractivity (Wildman–Crippen MR) is 110 cm³/mol. The van der Waals surface area contributed by atoms with Gasteiger partial charge in [0.05, 0.1) is 0 Å². The Morgan fingerprint density at radius 3 is 2.43 bits per heavy atom. The van der Waals surface area contributed by atoms with Crippen molar-refractivity contribution >= 4 is 29.7 Å².